The third-order valence-electron chi connectivity index (χ3n) is 3.09. The van der Waals surface area contributed by atoms with Crippen molar-refractivity contribution < 1.29 is 9.13 Å². The molecular weight excluding hydrogens is 333 g/mol. The van der Waals surface area contributed by atoms with E-state index in [9.17, 15) is 4.39 Å². The SMILES string of the molecule is CC(C)NCc1ccccc1OCc1cccc(F)c1Br. The Bertz CT molecular complexity index is 601. The van der Waals surface area contributed by atoms with Crippen LogP contribution in [0.15, 0.2) is 46.9 Å². The van der Waals surface area contributed by atoms with Crippen LogP contribution in [-0.4, -0.2) is 6.04 Å². The minimum atomic E-state index is -0.272. The highest BCUT2D eigenvalue weighted by Crippen LogP contribution is 2.24. The Morgan fingerprint density at radius 1 is 1.10 bits per heavy atom. The fourth-order valence-electron chi connectivity index (χ4n) is 1.92. The number of hydrogen-bond acceptors (Lipinski definition) is 2. The van der Waals surface area contributed by atoms with Crippen LogP contribution in [0, 0.1) is 5.82 Å². The molecule has 0 unspecified atom stereocenters. The second-order valence-corrected chi connectivity index (χ2v) is 5.94. The molecule has 0 aromatic heterocycles. The molecule has 0 saturated carbocycles. The van der Waals surface area contributed by atoms with E-state index < -0.39 is 0 Å². The van der Waals surface area contributed by atoms with Gasteiger partial charge < -0.3 is 10.1 Å². The van der Waals surface area contributed by atoms with Crippen LogP contribution in [0.3, 0.4) is 0 Å². The van der Waals surface area contributed by atoms with Gasteiger partial charge in [0, 0.05) is 23.7 Å². The van der Waals surface area contributed by atoms with Gasteiger partial charge in [0.15, 0.2) is 0 Å². The smallest absolute Gasteiger partial charge is 0.137 e. The van der Waals surface area contributed by atoms with E-state index in [1.54, 1.807) is 6.07 Å². The molecule has 0 atom stereocenters. The standard InChI is InChI=1S/C17H19BrFNO/c1-12(2)20-10-13-6-3-4-9-16(13)21-11-14-7-5-8-15(19)17(14)18/h3-9,12,20H,10-11H2,1-2H3. The van der Waals surface area contributed by atoms with Crippen LogP contribution in [-0.2, 0) is 13.2 Å². The number of benzene rings is 2. The Hall–Kier alpha value is -1.39. The van der Waals surface area contributed by atoms with E-state index in [2.05, 4.69) is 35.1 Å². The average Bonchev–Trinajstić information content (AvgIpc) is 2.47. The number of ether oxygens (including phenoxy) is 1. The number of nitrogens with one attached hydrogen (secondary N) is 1. The molecule has 0 aliphatic carbocycles. The van der Waals surface area contributed by atoms with Crippen molar-refractivity contribution in [3.8, 4) is 5.75 Å². The lowest BCUT2D eigenvalue weighted by molar-refractivity contribution is 0.300. The molecule has 0 bridgehead atoms. The molecule has 2 aromatic carbocycles. The Morgan fingerprint density at radius 3 is 2.57 bits per heavy atom. The zero-order valence-corrected chi connectivity index (χ0v) is 13.8. The largest absolute Gasteiger partial charge is 0.489 e. The Morgan fingerprint density at radius 2 is 1.81 bits per heavy atom. The Kier molecular flexibility index (Phi) is 5.76. The van der Waals surface area contributed by atoms with Crippen LogP contribution in [0.4, 0.5) is 4.39 Å². The molecule has 2 rings (SSSR count). The molecule has 0 radical (unpaired) electrons. The van der Waals surface area contributed by atoms with Crippen LogP contribution in [0.25, 0.3) is 0 Å². The summed E-state index contributed by atoms with van der Waals surface area (Å²) in [5.74, 6) is 0.549. The molecule has 0 aliphatic rings. The van der Waals surface area contributed by atoms with Gasteiger partial charge in [0.1, 0.15) is 18.2 Å². The second kappa shape index (κ2) is 7.57. The topological polar surface area (TPSA) is 21.3 Å². The minimum absolute atomic E-state index is 0.272. The van der Waals surface area contributed by atoms with Gasteiger partial charge in [0.05, 0.1) is 4.47 Å². The normalized spacial score (nSPS) is 10.9. The molecule has 1 N–H and O–H groups in total. The van der Waals surface area contributed by atoms with Crippen molar-refractivity contribution in [1.29, 1.82) is 0 Å². The van der Waals surface area contributed by atoms with Gasteiger partial charge in [-0.25, -0.2) is 4.39 Å². The predicted octanol–water partition coefficient (Wildman–Crippen LogP) is 4.67. The van der Waals surface area contributed by atoms with Crippen LogP contribution in [0.1, 0.15) is 25.0 Å². The van der Waals surface area contributed by atoms with Crippen molar-refractivity contribution in [1.82, 2.24) is 5.32 Å². The summed E-state index contributed by atoms with van der Waals surface area (Å²) in [4.78, 5) is 0. The number of para-hydroxylation sites is 1. The zero-order chi connectivity index (χ0) is 15.2. The molecule has 4 heteroatoms. The van der Waals surface area contributed by atoms with Gasteiger partial charge in [-0.05, 0) is 28.1 Å². The lowest BCUT2D eigenvalue weighted by Crippen LogP contribution is -2.22. The fourth-order valence-corrected chi connectivity index (χ4v) is 2.30. The van der Waals surface area contributed by atoms with Crippen molar-refractivity contribution in [2.75, 3.05) is 0 Å². The van der Waals surface area contributed by atoms with Crippen LogP contribution >= 0.6 is 15.9 Å². The van der Waals surface area contributed by atoms with E-state index in [0.717, 1.165) is 23.4 Å². The van der Waals surface area contributed by atoms with Crippen molar-refractivity contribution >= 4 is 15.9 Å². The maximum absolute atomic E-state index is 13.5. The summed E-state index contributed by atoms with van der Waals surface area (Å²) in [5, 5.41) is 3.37. The number of rotatable bonds is 6. The summed E-state index contributed by atoms with van der Waals surface area (Å²) in [6, 6.07) is 13.3. The van der Waals surface area contributed by atoms with E-state index >= 15 is 0 Å². The highest BCUT2D eigenvalue weighted by atomic mass is 79.9. The molecule has 2 nitrogen and oxygen atoms in total. The highest BCUT2D eigenvalue weighted by Gasteiger charge is 2.08. The predicted molar refractivity (Wildman–Crippen MR) is 86.8 cm³/mol. The van der Waals surface area contributed by atoms with E-state index in [-0.39, 0.29) is 5.82 Å². The lowest BCUT2D eigenvalue weighted by atomic mass is 10.2. The quantitative estimate of drug-likeness (QED) is 0.816. The molecule has 0 spiro atoms. The lowest BCUT2D eigenvalue weighted by Gasteiger charge is -2.14. The summed E-state index contributed by atoms with van der Waals surface area (Å²) >= 11 is 3.25. The number of hydrogen-bond donors (Lipinski definition) is 1. The van der Waals surface area contributed by atoms with E-state index in [4.69, 9.17) is 4.74 Å². The van der Waals surface area contributed by atoms with E-state index in [1.165, 1.54) is 6.07 Å². The molecule has 2 aromatic rings. The monoisotopic (exact) mass is 351 g/mol. The van der Waals surface area contributed by atoms with Gasteiger partial charge in [-0.1, -0.05) is 44.2 Å². The minimum Gasteiger partial charge on any atom is -0.489 e. The van der Waals surface area contributed by atoms with Gasteiger partial charge in [-0.2, -0.15) is 0 Å². The first-order valence-corrected chi connectivity index (χ1v) is 7.74. The average molecular weight is 352 g/mol. The maximum atomic E-state index is 13.5. The first kappa shape index (κ1) is 16.0. The van der Waals surface area contributed by atoms with Crippen molar-refractivity contribution in [2.45, 2.75) is 33.0 Å². The van der Waals surface area contributed by atoms with E-state index in [0.29, 0.717) is 17.1 Å². The number of halogens is 2. The molecule has 112 valence electrons. The summed E-state index contributed by atoms with van der Waals surface area (Å²) in [5.41, 5.74) is 1.89. The summed E-state index contributed by atoms with van der Waals surface area (Å²) in [6.45, 7) is 5.29. The summed E-state index contributed by atoms with van der Waals surface area (Å²) in [6.07, 6.45) is 0. The van der Waals surface area contributed by atoms with Gasteiger partial charge >= 0.3 is 0 Å². The summed E-state index contributed by atoms with van der Waals surface area (Å²) in [7, 11) is 0. The van der Waals surface area contributed by atoms with Crippen LogP contribution < -0.4 is 10.1 Å². The van der Waals surface area contributed by atoms with Gasteiger partial charge in [0.25, 0.3) is 0 Å². The van der Waals surface area contributed by atoms with Gasteiger partial charge in [-0.15, -0.1) is 0 Å². The molecule has 0 fully saturated rings. The van der Waals surface area contributed by atoms with Crippen LogP contribution in [0.2, 0.25) is 0 Å². The molecule has 0 heterocycles. The van der Waals surface area contributed by atoms with Crippen molar-refractivity contribution in [3.63, 3.8) is 0 Å². The van der Waals surface area contributed by atoms with Gasteiger partial charge in [-0.3, -0.25) is 0 Å². The van der Waals surface area contributed by atoms with Crippen molar-refractivity contribution in [3.05, 3.63) is 63.9 Å². The van der Waals surface area contributed by atoms with Gasteiger partial charge in [0.2, 0.25) is 0 Å². The first-order valence-electron chi connectivity index (χ1n) is 6.95. The molecule has 21 heavy (non-hydrogen) atoms. The highest BCUT2D eigenvalue weighted by molar-refractivity contribution is 9.10. The fraction of sp³-hybridized carbons (Fsp3) is 0.294. The molecular formula is C17H19BrFNO. The summed E-state index contributed by atoms with van der Waals surface area (Å²) < 4.78 is 19.8. The Balaban J connectivity index is 2.07. The maximum Gasteiger partial charge on any atom is 0.137 e. The third kappa shape index (κ3) is 4.55. The molecule has 0 amide bonds. The van der Waals surface area contributed by atoms with Crippen LogP contribution in [0.5, 0.6) is 5.75 Å². The van der Waals surface area contributed by atoms with Crippen molar-refractivity contribution in [2.24, 2.45) is 0 Å². The zero-order valence-electron chi connectivity index (χ0n) is 12.2. The third-order valence-corrected chi connectivity index (χ3v) is 3.98. The molecule has 0 saturated heterocycles. The molecule has 0 aliphatic heterocycles. The van der Waals surface area contributed by atoms with E-state index in [1.807, 2.05) is 30.3 Å². The second-order valence-electron chi connectivity index (χ2n) is 5.14. The Labute approximate surface area is 133 Å². The first-order chi connectivity index (χ1) is 10.1.